The van der Waals surface area contributed by atoms with E-state index >= 15 is 0 Å². The summed E-state index contributed by atoms with van der Waals surface area (Å²) in [6, 6.07) is 4.61. The number of fused-ring (bicyclic) bond motifs is 2. The van der Waals surface area contributed by atoms with Crippen LogP contribution in [0.1, 0.15) is 19.3 Å². The molecule has 2 fully saturated rings. The number of hydrogen-bond donors (Lipinski definition) is 2. The lowest BCUT2D eigenvalue weighted by atomic mass is 9.84. The molecule has 120 valence electrons. The van der Waals surface area contributed by atoms with Gasteiger partial charge in [0.1, 0.15) is 5.82 Å². The first-order valence-corrected chi connectivity index (χ1v) is 7.98. The van der Waals surface area contributed by atoms with Gasteiger partial charge in [-0.25, -0.2) is 9.37 Å². The SMILES string of the molecule is NC1C2CCC(C2)C1C(=O)Nc1ccc(-n2ccnc2)c(F)c1. The number of rotatable bonds is 3. The Morgan fingerprint density at radius 1 is 1.35 bits per heavy atom. The summed E-state index contributed by atoms with van der Waals surface area (Å²) in [5.74, 6) is 0.212. The summed E-state index contributed by atoms with van der Waals surface area (Å²) in [5, 5.41) is 2.83. The van der Waals surface area contributed by atoms with Crippen molar-refractivity contribution in [2.75, 3.05) is 5.32 Å². The summed E-state index contributed by atoms with van der Waals surface area (Å²) in [6.45, 7) is 0. The van der Waals surface area contributed by atoms with Crippen LogP contribution < -0.4 is 11.1 Å². The highest BCUT2D eigenvalue weighted by molar-refractivity contribution is 5.93. The van der Waals surface area contributed by atoms with E-state index in [9.17, 15) is 9.18 Å². The van der Waals surface area contributed by atoms with Crippen molar-refractivity contribution in [3.63, 3.8) is 0 Å². The number of carbonyl (C=O) groups excluding carboxylic acids is 1. The van der Waals surface area contributed by atoms with Gasteiger partial charge in [0.05, 0.1) is 17.9 Å². The molecule has 2 aliphatic carbocycles. The van der Waals surface area contributed by atoms with E-state index in [0.29, 0.717) is 23.2 Å². The third-order valence-electron chi connectivity index (χ3n) is 5.28. The first-order valence-electron chi connectivity index (χ1n) is 7.98. The molecule has 1 heterocycles. The Hall–Kier alpha value is -2.21. The topological polar surface area (TPSA) is 72.9 Å². The molecule has 6 heteroatoms. The first kappa shape index (κ1) is 14.4. The second-order valence-electron chi connectivity index (χ2n) is 6.56. The van der Waals surface area contributed by atoms with Gasteiger partial charge in [0.25, 0.3) is 0 Å². The van der Waals surface area contributed by atoms with Gasteiger partial charge in [-0.15, -0.1) is 0 Å². The monoisotopic (exact) mass is 314 g/mol. The molecular formula is C17H19FN4O. The number of amides is 1. The van der Waals surface area contributed by atoms with E-state index in [1.54, 1.807) is 29.1 Å². The molecule has 4 atom stereocenters. The van der Waals surface area contributed by atoms with Crippen LogP contribution in [0.3, 0.4) is 0 Å². The van der Waals surface area contributed by atoms with Crippen molar-refractivity contribution in [3.05, 3.63) is 42.7 Å². The Balaban J connectivity index is 1.51. The van der Waals surface area contributed by atoms with E-state index in [1.807, 2.05) is 0 Å². The molecule has 4 unspecified atom stereocenters. The molecule has 0 aliphatic heterocycles. The average molecular weight is 314 g/mol. The number of nitrogens with one attached hydrogen (secondary N) is 1. The lowest BCUT2D eigenvalue weighted by Crippen LogP contribution is -2.42. The lowest BCUT2D eigenvalue weighted by Gasteiger charge is -2.27. The maximum Gasteiger partial charge on any atom is 0.229 e. The van der Waals surface area contributed by atoms with Crippen molar-refractivity contribution < 1.29 is 9.18 Å². The first-order chi connectivity index (χ1) is 11.1. The smallest absolute Gasteiger partial charge is 0.229 e. The van der Waals surface area contributed by atoms with E-state index in [4.69, 9.17) is 5.73 Å². The van der Waals surface area contributed by atoms with Gasteiger partial charge in [0.15, 0.2) is 0 Å². The number of benzene rings is 1. The Kier molecular flexibility index (Phi) is 3.41. The van der Waals surface area contributed by atoms with Crippen LogP contribution in [-0.4, -0.2) is 21.5 Å². The average Bonchev–Trinajstić information content (AvgIpc) is 3.24. The minimum atomic E-state index is -0.405. The number of carbonyl (C=O) groups is 1. The van der Waals surface area contributed by atoms with Crippen molar-refractivity contribution in [1.82, 2.24) is 9.55 Å². The lowest BCUT2D eigenvalue weighted by molar-refractivity contribution is -0.121. The number of nitrogens with zero attached hydrogens (tertiary/aromatic N) is 2. The van der Waals surface area contributed by atoms with Gasteiger partial charge in [0, 0.05) is 24.1 Å². The molecule has 2 aromatic rings. The molecule has 4 rings (SSSR count). The molecule has 1 amide bonds. The van der Waals surface area contributed by atoms with E-state index < -0.39 is 5.82 Å². The molecule has 23 heavy (non-hydrogen) atoms. The second-order valence-corrected chi connectivity index (χ2v) is 6.56. The van der Waals surface area contributed by atoms with Gasteiger partial charge in [-0.3, -0.25) is 4.79 Å². The minimum Gasteiger partial charge on any atom is -0.327 e. The van der Waals surface area contributed by atoms with Crippen LogP contribution in [0.2, 0.25) is 0 Å². The molecule has 1 aromatic carbocycles. The van der Waals surface area contributed by atoms with E-state index in [2.05, 4.69) is 10.3 Å². The fourth-order valence-electron chi connectivity index (χ4n) is 4.15. The highest BCUT2D eigenvalue weighted by Gasteiger charge is 2.49. The van der Waals surface area contributed by atoms with E-state index in [-0.39, 0.29) is 17.9 Å². The zero-order valence-electron chi connectivity index (χ0n) is 12.7. The Morgan fingerprint density at radius 3 is 2.83 bits per heavy atom. The van der Waals surface area contributed by atoms with E-state index in [0.717, 1.165) is 19.3 Å². The van der Waals surface area contributed by atoms with Crippen LogP contribution in [0.5, 0.6) is 0 Å². The summed E-state index contributed by atoms with van der Waals surface area (Å²) >= 11 is 0. The molecule has 0 saturated heterocycles. The highest BCUT2D eigenvalue weighted by atomic mass is 19.1. The fourth-order valence-corrected chi connectivity index (χ4v) is 4.15. The van der Waals surface area contributed by atoms with Crippen LogP contribution in [0.4, 0.5) is 10.1 Å². The number of imidazole rings is 1. The fraction of sp³-hybridized carbons (Fsp3) is 0.412. The van der Waals surface area contributed by atoms with Crippen molar-refractivity contribution in [1.29, 1.82) is 0 Å². The largest absolute Gasteiger partial charge is 0.327 e. The summed E-state index contributed by atoms with van der Waals surface area (Å²) in [7, 11) is 0. The van der Waals surface area contributed by atoms with Gasteiger partial charge in [-0.05, 0) is 49.3 Å². The summed E-state index contributed by atoms with van der Waals surface area (Å²) < 4.78 is 15.8. The third kappa shape index (κ3) is 2.43. The number of anilines is 1. The number of nitrogens with two attached hydrogens (primary N) is 1. The van der Waals surface area contributed by atoms with Gasteiger partial charge >= 0.3 is 0 Å². The molecule has 1 aromatic heterocycles. The van der Waals surface area contributed by atoms with Gasteiger partial charge < -0.3 is 15.6 Å². The maximum absolute atomic E-state index is 14.2. The second kappa shape index (κ2) is 5.45. The van der Waals surface area contributed by atoms with Crippen LogP contribution in [0.25, 0.3) is 5.69 Å². The van der Waals surface area contributed by atoms with Crippen molar-refractivity contribution in [3.8, 4) is 5.69 Å². The molecular weight excluding hydrogens is 295 g/mol. The van der Waals surface area contributed by atoms with Crippen LogP contribution in [-0.2, 0) is 4.79 Å². The molecule has 3 N–H and O–H groups in total. The number of hydrogen-bond acceptors (Lipinski definition) is 3. The van der Waals surface area contributed by atoms with Crippen LogP contribution >= 0.6 is 0 Å². The summed E-state index contributed by atoms with van der Waals surface area (Å²) in [5.41, 5.74) is 7.06. The molecule has 0 spiro atoms. The number of aromatic nitrogens is 2. The predicted molar refractivity (Wildman–Crippen MR) is 84.4 cm³/mol. The normalized spacial score (nSPS) is 29.0. The highest BCUT2D eigenvalue weighted by Crippen LogP contribution is 2.47. The Bertz CT molecular complexity index is 728. The predicted octanol–water partition coefficient (Wildman–Crippen LogP) is 2.32. The Morgan fingerprint density at radius 2 is 2.17 bits per heavy atom. The Labute approximate surface area is 133 Å². The van der Waals surface area contributed by atoms with Crippen LogP contribution in [0, 0.1) is 23.6 Å². The maximum atomic E-state index is 14.2. The summed E-state index contributed by atoms with van der Waals surface area (Å²) in [6.07, 6.45) is 8.04. The zero-order chi connectivity index (χ0) is 16.0. The third-order valence-corrected chi connectivity index (χ3v) is 5.28. The quantitative estimate of drug-likeness (QED) is 0.913. The van der Waals surface area contributed by atoms with Gasteiger partial charge in [0.2, 0.25) is 5.91 Å². The minimum absolute atomic E-state index is 0.0659. The van der Waals surface area contributed by atoms with Crippen molar-refractivity contribution in [2.24, 2.45) is 23.5 Å². The van der Waals surface area contributed by atoms with Crippen molar-refractivity contribution in [2.45, 2.75) is 25.3 Å². The molecule has 2 bridgehead atoms. The van der Waals surface area contributed by atoms with Crippen LogP contribution in [0.15, 0.2) is 36.9 Å². The van der Waals surface area contributed by atoms with Gasteiger partial charge in [-0.1, -0.05) is 0 Å². The molecule has 2 saturated carbocycles. The summed E-state index contributed by atoms with van der Waals surface area (Å²) in [4.78, 5) is 16.4. The van der Waals surface area contributed by atoms with E-state index in [1.165, 1.54) is 12.4 Å². The molecule has 0 radical (unpaired) electrons. The number of halogens is 1. The zero-order valence-corrected chi connectivity index (χ0v) is 12.7. The van der Waals surface area contributed by atoms with Gasteiger partial charge in [-0.2, -0.15) is 0 Å². The molecule has 2 aliphatic rings. The standard InChI is InChI=1S/C17H19FN4O/c18-13-8-12(3-4-14(13)22-6-5-20-9-22)21-17(23)15-10-1-2-11(7-10)16(15)19/h3-6,8-11,15-16H,1-2,7,19H2,(H,21,23). The molecule has 5 nitrogen and oxygen atoms in total. The van der Waals surface area contributed by atoms with Crippen molar-refractivity contribution >= 4 is 11.6 Å².